The number of nitrogens with two attached hydrogens (primary N) is 1. The Hall–Kier alpha value is -1.81. The smallest absolute Gasteiger partial charge is 0.0727 e. The zero-order valence-electron chi connectivity index (χ0n) is 9.20. The van der Waals surface area contributed by atoms with Crippen molar-refractivity contribution < 1.29 is 5.11 Å². The summed E-state index contributed by atoms with van der Waals surface area (Å²) in [6, 6.07) is 7.59. The number of aliphatic hydroxyl groups is 1. The summed E-state index contributed by atoms with van der Waals surface area (Å²) in [6.07, 6.45) is 0. The molecule has 2 aromatic rings. The monoisotopic (exact) mass is 217 g/mol. The van der Waals surface area contributed by atoms with Crippen LogP contribution in [0.15, 0.2) is 24.3 Å². The second-order valence-corrected chi connectivity index (χ2v) is 3.74. The van der Waals surface area contributed by atoms with Gasteiger partial charge in [0.05, 0.1) is 12.1 Å². The summed E-state index contributed by atoms with van der Waals surface area (Å²) in [5.41, 5.74) is 9.28. The Bertz CT molecular complexity index is 511. The Morgan fingerprint density at radius 1 is 1.38 bits per heavy atom. The molecule has 2 rings (SSSR count). The SMILES string of the molecule is Cc1cc(NCCO)c2cc(N)ccc2n1. The van der Waals surface area contributed by atoms with Crippen molar-refractivity contribution in [2.24, 2.45) is 0 Å². The molecule has 1 aromatic carbocycles. The molecular weight excluding hydrogens is 202 g/mol. The molecule has 0 spiro atoms. The molecule has 1 heterocycles. The highest BCUT2D eigenvalue weighted by Crippen LogP contribution is 2.24. The Morgan fingerprint density at radius 2 is 2.19 bits per heavy atom. The van der Waals surface area contributed by atoms with E-state index in [1.54, 1.807) is 0 Å². The van der Waals surface area contributed by atoms with E-state index < -0.39 is 0 Å². The van der Waals surface area contributed by atoms with E-state index in [1.165, 1.54) is 0 Å². The van der Waals surface area contributed by atoms with Gasteiger partial charge in [0.15, 0.2) is 0 Å². The van der Waals surface area contributed by atoms with E-state index in [0.29, 0.717) is 12.2 Å². The zero-order valence-corrected chi connectivity index (χ0v) is 9.20. The van der Waals surface area contributed by atoms with Gasteiger partial charge in [0.25, 0.3) is 0 Å². The predicted molar refractivity (Wildman–Crippen MR) is 66.5 cm³/mol. The Balaban J connectivity index is 2.55. The van der Waals surface area contributed by atoms with Crippen molar-refractivity contribution in [2.45, 2.75) is 6.92 Å². The van der Waals surface area contributed by atoms with Gasteiger partial charge >= 0.3 is 0 Å². The Kier molecular flexibility index (Phi) is 2.92. The Labute approximate surface area is 94.1 Å². The zero-order chi connectivity index (χ0) is 11.5. The summed E-state index contributed by atoms with van der Waals surface area (Å²) in [4.78, 5) is 4.43. The van der Waals surface area contributed by atoms with E-state index in [0.717, 1.165) is 22.3 Å². The molecule has 4 nitrogen and oxygen atoms in total. The number of rotatable bonds is 3. The maximum absolute atomic E-state index is 8.82. The van der Waals surface area contributed by atoms with Crippen LogP contribution in [0.3, 0.4) is 0 Å². The topological polar surface area (TPSA) is 71.2 Å². The first-order valence-corrected chi connectivity index (χ1v) is 5.22. The predicted octanol–water partition coefficient (Wildman–Crippen LogP) is 1.53. The lowest BCUT2D eigenvalue weighted by atomic mass is 10.1. The van der Waals surface area contributed by atoms with Crippen LogP contribution in [0.1, 0.15) is 5.69 Å². The van der Waals surface area contributed by atoms with Gasteiger partial charge in [0.2, 0.25) is 0 Å². The number of nitrogens with zero attached hydrogens (tertiary/aromatic N) is 1. The highest BCUT2D eigenvalue weighted by atomic mass is 16.3. The molecule has 1 aromatic heterocycles. The average Bonchev–Trinajstić information content (AvgIpc) is 2.26. The summed E-state index contributed by atoms with van der Waals surface area (Å²) in [6.45, 7) is 2.57. The van der Waals surface area contributed by atoms with Crippen LogP contribution in [0.4, 0.5) is 11.4 Å². The Morgan fingerprint density at radius 3 is 2.94 bits per heavy atom. The van der Waals surface area contributed by atoms with Crippen LogP contribution in [-0.2, 0) is 0 Å². The molecule has 0 atom stereocenters. The molecule has 0 aliphatic carbocycles. The second kappa shape index (κ2) is 4.37. The number of hydrogen-bond acceptors (Lipinski definition) is 4. The van der Waals surface area contributed by atoms with E-state index in [1.807, 2.05) is 31.2 Å². The minimum atomic E-state index is 0.102. The number of aliphatic hydroxyl groups excluding tert-OH is 1. The van der Waals surface area contributed by atoms with Crippen LogP contribution in [-0.4, -0.2) is 23.2 Å². The molecule has 0 aliphatic rings. The molecule has 0 fully saturated rings. The molecule has 4 N–H and O–H groups in total. The third-order valence-corrected chi connectivity index (χ3v) is 2.39. The number of hydrogen-bond donors (Lipinski definition) is 3. The third kappa shape index (κ3) is 2.06. The fourth-order valence-corrected chi connectivity index (χ4v) is 1.71. The third-order valence-electron chi connectivity index (χ3n) is 2.39. The lowest BCUT2D eigenvalue weighted by Crippen LogP contribution is -2.06. The van der Waals surface area contributed by atoms with Gasteiger partial charge in [0, 0.05) is 29.0 Å². The molecule has 84 valence electrons. The molecule has 0 saturated carbocycles. The highest BCUT2D eigenvalue weighted by molar-refractivity contribution is 5.93. The normalized spacial score (nSPS) is 10.6. The summed E-state index contributed by atoms with van der Waals surface area (Å²) in [5.74, 6) is 0. The number of aromatic nitrogens is 1. The summed E-state index contributed by atoms with van der Waals surface area (Å²) in [5, 5.41) is 13.0. The number of nitrogen functional groups attached to an aromatic ring is 1. The van der Waals surface area contributed by atoms with Crippen LogP contribution in [0.5, 0.6) is 0 Å². The van der Waals surface area contributed by atoms with Crippen molar-refractivity contribution in [3.05, 3.63) is 30.0 Å². The average molecular weight is 217 g/mol. The van der Waals surface area contributed by atoms with Crippen LogP contribution in [0.25, 0.3) is 10.9 Å². The van der Waals surface area contributed by atoms with E-state index >= 15 is 0 Å². The summed E-state index contributed by atoms with van der Waals surface area (Å²) in [7, 11) is 0. The molecule has 4 heteroatoms. The van der Waals surface area contributed by atoms with Crippen LogP contribution in [0.2, 0.25) is 0 Å². The van der Waals surface area contributed by atoms with Gasteiger partial charge in [-0.2, -0.15) is 0 Å². The van der Waals surface area contributed by atoms with E-state index in [2.05, 4.69) is 10.3 Å². The maximum atomic E-state index is 8.82. The first-order valence-electron chi connectivity index (χ1n) is 5.22. The minimum Gasteiger partial charge on any atom is -0.399 e. The first kappa shape index (κ1) is 10.7. The summed E-state index contributed by atoms with van der Waals surface area (Å²) >= 11 is 0. The molecular formula is C12H15N3O. The number of aryl methyl sites for hydroxylation is 1. The van der Waals surface area contributed by atoms with Crippen molar-refractivity contribution in [2.75, 3.05) is 24.2 Å². The lowest BCUT2D eigenvalue weighted by molar-refractivity contribution is 0.311. The van der Waals surface area contributed by atoms with Crippen LogP contribution < -0.4 is 11.1 Å². The standard InChI is InChI=1S/C12H15N3O/c1-8-6-12(14-4-5-16)10-7-9(13)2-3-11(10)15-8/h2-3,6-7,16H,4-5,13H2,1H3,(H,14,15). The van der Waals surface area contributed by atoms with E-state index in [-0.39, 0.29) is 6.61 Å². The van der Waals surface area contributed by atoms with Crippen molar-refractivity contribution in [1.29, 1.82) is 0 Å². The maximum Gasteiger partial charge on any atom is 0.0727 e. The molecule has 0 saturated heterocycles. The minimum absolute atomic E-state index is 0.102. The molecule has 0 amide bonds. The van der Waals surface area contributed by atoms with Gasteiger partial charge in [-0.25, -0.2) is 0 Å². The largest absolute Gasteiger partial charge is 0.399 e. The van der Waals surface area contributed by atoms with Crippen molar-refractivity contribution >= 4 is 22.3 Å². The quantitative estimate of drug-likeness (QED) is 0.682. The molecule has 0 radical (unpaired) electrons. The fourth-order valence-electron chi connectivity index (χ4n) is 1.71. The van der Waals surface area contributed by atoms with Gasteiger partial charge < -0.3 is 16.2 Å². The van der Waals surface area contributed by atoms with Gasteiger partial charge in [0.1, 0.15) is 0 Å². The van der Waals surface area contributed by atoms with E-state index in [4.69, 9.17) is 10.8 Å². The lowest BCUT2D eigenvalue weighted by Gasteiger charge is -2.10. The van der Waals surface area contributed by atoms with Gasteiger partial charge in [-0.15, -0.1) is 0 Å². The van der Waals surface area contributed by atoms with Crippen LogP contribution in [0, 0.1) is 6.92 Å². The summed E-state index contributed by atoms with van der Waals surface area (Å²) < 4.78 is 0. The van der Waals surface area contributed by atoms with Crippen molar-refractivity contribution in [1.82, 2.24) is 4.98 Å². The van der Waals surface area contributed by atoms with Gasteiger partial charge in [-0.1, -0.05) is 0 Å². The van der Waals surface area contributed by atoms with Crippen molar-refractivity contribution in [3.8, 4) is 0 Å². The second-order valence-electron chi connectivity index (χ2n) is 3.74. The van der Waals surface area contributed by atoms with Crippen LogP contribution >= 0.6 is 0 Å². The first-order chi connectivity index (χ1) is 7.70. The van der Waals surface area contributed by atoms with Gasteiger partial charge in [-0.05, 0) is 31.2 Å². The number of benzene rings is 1. The number of fused-ring (bicyclic) bond motifs is 1. The molecule has 0 aliphatic heterocycles. The highest BCUT2D eigenvalue weighted by Gasteiger charge is 2.03. The van der Waals surface area contributed by atoms with E-state index in [9.17, 15) is 0 Å². The number of pyridine rings is 1. The molecule has 16 heavy (non-hydrogen) atoms. The number of nitrogens with one attached hydrogen (secondary N) is 1. The molecule has 0 unspecified atom stereocenters. The number of anilines is 2. The molecule has 0 bridgehead atoms. The fraction of sp³-hybridized carbons (Fsp3) is 0.250. The van der Waals surface area contributed by atoms with Gasteiger partial charge in [-0.3, -0.25) is 4.98 Å². The van der Waals surface area contributed by atoms with Crippen molar-refractivity contribution in [3.63, 3.8) is 0 Å².